The van der Waals surface area contributed by atoms with Crippen molar-refractivity contribution in [2.24, 2.45) is 0 Å². The van der Waals surface area contributed by atoms with Gasteiger partial charge in [-0.15, -0.1) is 0 Å². The van der Waals surface area contributed by atoms with E-state index in [2.05, 4.69) is 23.7 Å². The van der Waals surface area contributed by atoms with E-state index < -0.39 is 5.97 Å². The van der Waals surface area contributed by atoms with E-state index >= 15 is 0 Å². The maximum Gasteiger partial charge on any atom is 0.341 e. The molecule has 0 saturated carbocycles. The molecule has 0 atom stereocenters. The molecule has 2 aromatic rings. The lowest BCUT2D eigenvalue weighted by molar-refractivity contribution is 0.0597. The summed E-state index contributed by atoms with van der Waals surface area (Å²) in [5.74, 6) is 12.0. The first-order valence-electron chi connectivity index (χ1n) is 7.66. The van der Waals surface area contributed by atoms with Crippen molar-refractivity contribution >= 4 is 5.97 Å². The lowest BCUT2D eigenvalue weighted by Crippen LogP contribution is -2.04. The van der Waals surface area contributed by atoms with Crippen LogP contribution >= 0.6 is 0 Å². The van der Waals surface area contributed by atoms with Crippen molar-refractivity contribution in [3.8, 4) is 29.4 Å². The van der Waals surface area contributed by atoms with Gasteiger partial charge in [0.25, 0.3) is 0 Å². The Kier molecular flexibility index (Phi) is 6.65. The minimum absolute atomic E-state index is 0.0349. The average molecular weight is 334 g/mol. The van der Waals surface area contributed by atoms with Gasteiger partial charge in [-0.3, -0.25) is 0 Å². The number of ether oxygens (including phenoxy) is 2. The number of hydrogen-bond acceptors (Lipinski definition) is 4. The van der Waals surface area contributed by atoms with E-state index in [0.717, 1.165) is 11.1 Å². The second kappa shape index (κ2) is 9.17. The van der Waals surface area contributed by atoms with Crippen LogP contribution in [0.5, 0.6) is 5.75 Å². The summed E-state index contributed by atoms with van der Waals surface area (Å²) >= 11 is 0. The summed E-state index contributed by atoms with van der Waals surface area (Å²) in [6.07, 6.45) is 0.425. The fourth-order valence-corrected chi connectivity index (χ4v) is 2.10. The Balaban J connectivity index is 2.34. The Bertz CT molecular complexity index is 876. The Labute approximate surface area is 147 Å². The van der Waals surface area contributed by atoms with Gasteiger partial charge < -0.3 is 14.6 Å². The number of esters is 1. The zero-order chi connectivity index (χ0) is 18.1. The Morgan fingerprint density at radius 1 is 1.04 bits per heavy atom. The third kappa shape index (κ3) is 4.88. The highest BCUT2D eigenvalue weighted by Crippen LogP contribution is 2.20. The second-order valence-corrected chi connectivity index (χ2v) is 4.98. The fourth-order valence-electron chi connectivity index (χ4n) is 2.10. The van der Waals surface area contributed by atoms with Crippen LogP contribution in [0.2, 0.25) is 0 Å². The average Bonchev–Trinajstić information content (AvgIpc) is 2.66. The van der Waals surface area contributed by atoms with Crippen molar-refractivity contribution in [3.05, 3.63) is 64.7 Å². The Morgan fingerprint density at radius 3 is 2.40 bits per heavy atom. The minimum atomic E-state index is -0.458. The molecule has 25 heavy (non-hydrogen) atoms. The quantitative estimate of drug-likeness (QED) is 0.692. The van der Waals surface area contributed by atoms with Crippen LogP contribution in [0.25, 0.3) is 0 Å². The van der Waals surface area contributed by atoms with Crippen molar-refractivity contribution in [2.45, 2.75) is 6.42 Å². The number of rotatable bonds is 3. The third-order valence-electron chi connectivity index (χ3n) is 3.34. The zero-order valence-corrected chi connectivity index (χ0v) is 14.1. The number of carbonyl (C=O) groups is 1. The van der Waals surface area contributed by atoms with Crippen molar-refractivity contribution in [2.75, 3.05) is 20.8 Å². The second-order valence-electron chi connectivity index (χ2n) is 4.98. The fraction of sp³-hybridized carbons (Fsp3) is 0.190. The summed E-state index contributed by atoms with van der Waals surface area (Å²) < 4.78 is 9.96. The number of carbonyl (C=O) groups excluding carboxylic acids is 1. The lowest BCUT2D eigenvalue weighted by atomic mass is 10.1. The van der Waals surface area contributed by atoms with Gasteiger partial charge in [0.05, 0.1) is 20.8 Å². The van der Waals surface area contributed by atoms with Crippen LogP contribution in [0.3, 0.4) is 0 Å². The maximum atomic E-state index is 11.7. The van der Waals surface area contributed by atoms with Crippen LogP contribution < -0.4 is 4.74 Å². The summed E-state index contributed by atoms with van der Waals surface area (Å²) in [6.45, 7) is 0.0349. The molecule has 2 aromatic carbocycles. The van der Waals surface area contributed by atoms with E-state index in [0.29, 0.717) is 23.3 Å². The van der Waals surface area contributed by atoms with E-state index in [1.54, 1.807) is 18.2 Å². The molecule has 4 heteroatoms. The molecule has 0 aliphatic heterocycles. The van der Waals surface area contributed by atoms with Gasteiger partial charge in [-0.1, -0.05) is 35.8 Å². The smallest absolute Gasteiger partial charge is 0.341 e. The summed E-state index contributed by atoms with van der Waals surface area (Å²) in [7, 11) is 2.81. The molecule has 0 spiro atoms. The summed E-state index contributed by atoms with van der Waals surface area (Å²) in [5.41, 5.74) is 2.67. The molecule has 0 aromatic heterocycles. The molecule has 0 aliphatic carbocycles. The molecule has 0 bridgehead atoms. The Hall–Kier alpha value is -3.21. The third-order valence-corrected chi connectivity index (χ3v) is 3.34. The standard InChI is InChI=1S/C21H18O4/c1-24-20-15-16(11-13-19(20)21(23)25-2)10-12-18-8-4-3-7-17(18)9-5-6-14-22/h3-4,7-8,11,13,15,22H,6,14H2,1-2H3. The predicted molar refractivity (Wildman–Crippen MR) is 95.3 cm³/mol. The lowest BCUT2D eigenvalue weighted by Gasteiger charge is -2.06. The summed E-state index contributed by atoms with van der Waals surface area (Å²) in [6, 6.07) is 12.6. The first-order chi connectivity index (χ1) is 12.2. The van der Waals surface area contributed by atoms with Gasteiger partial charge in [0, 0.05) is 23.1 Å². The summed E-state index contributed by atoms with van der Waals surface area (Å²) in [5, 5.41) is 8.82. The first kappa shape index (κ1) is 18.1. The van der Waals surface area contributed by atoms with Crippen molar-refractivity contribution in [1.29, 1.82) is 0 Å². The molecule has 2 rings (SSSR count). The minimum Gasteiger partial charge on any atom is -0.496 e. The van der Waals surface area contributed by atoms with Gasteiger partial charge in [-0.05, 0) is 30.3 Å². The van der Waals surface area contributed by atoms with Crippen LogP contribution in [0.15, 0.2) is 42.5 Å². The normalized spacial score (nSPS) is 9.24. The molecular weight excluding hydrogens is 316 g/mol. The molecule has 4 nitrogen and oxygen atoms in total. The van der Waals surface area contributed by atoms with Gasteiger partial charge >= 0.3 is 5.97 Å². The molecule has 0 heterocycles. The van der Waals surface area contributed by atoms with Crippen molar-refractivity contribution in [3.63, 3.8) is 0 Å². The topological polar surface area (TPSA) is 55.8 Å². The van der Waals surface area contributed by atoms with E-state index in [-0.39, 0.29) is 6.61 Å². The maximum absolute atomic E-state index is 11.7. The van der Waals surface area contributed by atoms with Gasteiger partial charge in [0.2, 0.25) is 0 Å². The van der Waals surface area contributed by atoms with Crippen LogP contribution in [0, 0.1) is 23.7 Å². The molecule has 1 N–H and O–H groups in total. The number of methoxy groups -OCH3 is 2. The Morgan fingerprint density at radius 2 is 1.76 bits per heavy atom. The van der Waals surface area contributed by atoms with Crippen LogP contribution in [0.1, 0.15) is 33.5 Å². The number of aliphatic hydroxyl groups is 1. The van der Waals surface area contributed by atoms with E-state index in [9.17, 15) is 4.79 Å². The number of benzene rings is 2. The predicted octanol–water partition coefficient (Wildman–Crippen LogP) is 2.62. The highest BCUT2D eigenvalue weighted by atomic mass is 16.5. The van der Waals surface area contributed by atoms with Crippen molar-refractivity contribution < 1.29 is 19.4 Å². The molecule has 0 unspecified atom stereocenters. The van der Waals surface area contributed by atoms with E-state index in [1.165, 1.54) is 14.2 Å². The molecule has 0 aliphatic rings. The molecular formula is C21H18O4. The van der Waals surface area contributed by atoms with Gasteiger partial charge in [-0.25, -0.2) is 4.79 Å². The van der Waals surface area contributed by atoms with Gasteiger partial charge in [0.1, 0.15) is 11.3 Å². The molecule has 0 radical (unpaired) electrons. The highest BCUT2D eigenvalue weighted by molar-refractivity contribution is 5.92. The zero-order valence-electron chi connectivity index (χ0n) is 14.1. The molecule has 126 valence electrons. The monoisotopic (exact) mass is 334 g/mol. The van der Waals surface area contributed by atoms with Gasteiger partial charge in [0.15, 0.2) is 0 Å². The summed E-state index contributed by atoms with van der Waals surface area (Å²) in [4.78, 5) is 11.7. The van der Waals surface area contributed by atoms with Crippen LogP contribution in [-0.4, -0.2) is 31.9 Å². The highest BCUT2D eigenvalue weighted by Gasteiger charge is 2.12. The van der Waals surface area contributed by atoms with Crippen LogP contribution in [-0.2, 0) is 4.74 Å². The molecule has 0 amide bonds. The molecule has 0 fully saturated rings. The first-order valence-corrected chi connectivity index (χ1v) is 7.66. The van der Waals surface area contributed by atoms with Gasteiger partial charge in [-0.2, -0.15) is 0 Å². The SMILES string of the molecule is COC(=O)c1ccc(C#Cc2ccccc2C#CCCO)cc1OC. The largest absolute Gasteiger partial charge is 0.496 e. The number of aliphatic hydroxyl groups excluding tert-OH is 1. The van der Waals surface area contributed by atoms with Crippen LogP contribution in [0.4, 0.5) is 0 Å². The molecule has 0 saturated heterocycles. The van der Waals surface area contributed by atoms with E-state index in [4.69, 9.17) is 14.6 Å². The van der Waals surface area contributed by atoms with E-state index in [1.807, 2.05) is 24.3 Å². The number of hydrogen-bond donors (Lipinski definition) is 1. The van der Waals surface area contributed by atoms with Crippen molar-refractivity contribution in [1.82, 2.24) is 0 Å².